The zero-order valence-electron chi connectivity index (χ0n) is 8.64. The van der Waals surface area contributed by atoms with Crippen molar-refractivity contribution in [3.8, 4) is 0 Å². The molecule has 80 valence electrons. The van der Waals surface area contributed by atoms with Crippen LogP contribution in [0.25, 0.3) is 0 Å². The number of hydrogen-bond acceptors (Lipinski definition) is 2. The number of thioether (sulfide) groups is 1. The molecule has 3 heteroatoms. The average molecular weight is 222 g/mol. The van der Waals surface area contributed by atoms with Crippen LogP contribution in [0.1, 0.15) is 24.3 Å². The summed E-state index contributed by atoms with van der Waals surface area (Å²) in [7, 11) is 0. The first-order valence-corrected chi connectivity index (χ1v) is 6.31. The predicted octanol–water partition coefficient (Wildman–Crippen LogP) is 2.99. The molecule has 1 saturated carbocycles. The lowest BCUT2D eigenvalue weighted by molar-refractivity contribution is -0.139. The fourth-order valence-electron chi connectivity index (χ4n) is 1.86. The normalized spacial score (nSPS) is 17.4. The molecule has 1 aliphatic rings. The van der Waals surface area contributed by atoms with Crippen LogP contribution in [-0.4, -0.2) is 17.3 Å². The van der Waals surface area contributed by atoms with Crippen LogP contribution in [0.15, 0.2) is 29.2 Å². The van der Waals surface area contributed by atoms with Crippen molar-refractivity contribution in [1.82, 2.24) is 0 Å². The van der Waals surface area contributed by atoms with E-state index in [2.05, 4.69) is 0 Å². The lowest BCUT2D eigenvalue weighted by Gasteiger charge is -2.11. The molecule has 0 bridgehead atoms. The summed E-state index contributed by atoms with van der Waals surface area (Å²) >= 11 is 1.67. The first-order valence-electron chi connectivity index (χ1n) is 5.09. The van der Waals surface area contributed by atoms with Crippen LogP contribution < -0.4 is 0 Å². The molecule has 0 radical (unpaired) electrons. The molecule has 1 fully saturated rings. The predicted molar refractivity (Wildman–Crippen MR) is 61.3 cm³/mol. The lowest BCUT2D eigenvalue weighted by Crippen LogP contribution is -2.13. The molecule has 1 aromatic rings. The smallest absolute Gasteiger partial charge is 0.311 e. The van der Waals surface area contributed by atoms with E-state index < -0.39 is 5.97 Å². The molecule has 0 heterocycles. The van der Waals surface area contributed by atoms with E-state index >= 15 is 0 Å². The van der Waals surface area contributed by atoms with Crippen molar-refractivity contribution < 1.29 is 9.90 Å². The average Bonchev–Trinajstić information content (AvgIpc) is 3.03. The molecule has 1 atom stereocenters. The van der Waals surface area contributed by atoms with Gasteiger partial charge in [0.15, 0.2) is 0 Å². The van der Waals surface area contributed by atoms with E-state index in [9.17, 15) is 4.79 Å². The standard InChI is InChI=1S/C12H14O2S/c1-15-10-6-4-9(5-7-10)11(12(13)14)8-2-3-8/h4-8,11H,2-3H2,1H3,(H,13,14). The van der Waals surface area contributed by atoms with Gasteiger partial charge in [-0.15, -0.1) is 11.8 Å². The maximum atomic E-state index is 11.1. The van der Waals surface area contributed by atoms with Crippen LogP contribution in [0.5, 0.6) is 0 Å². The minimum absolute atomic E-state index is 0.291. The van der Waals surface area contributed by atoms with Crippen molar-refractivity contribution in [2.75, 3.05) is 6.26 Å². The summed E-state index contributed by atoms with van der Waals surface area (Å²) in [5.41, 5.74) is 0.947. The van der Waals surface area contributed by atoms with Gasteiger partial charge in [-0.1, -0.05) is 12.1 Å². The zero-order chi connectivity index (χ0) is 10.8. The number of carbonyl (C=O) groups is 1. The van der Waals surface area contributed by atoms with Crippen LogP contribution in [0.2, 0.25) is 0 Å². The Hall–Kier alpha value is -0.960. The number of aliphatic carboxylic acids is 1. The van der Waals surface area contributed by atoms with Gasteiger partial charge < -0.3 is 5.11 Å². The van der Waals surface area contributed by atoms with E-state index in [0.717, 1.165) is 18.4 Å². The van der Waals surface area contributed by atoms with Gasteiger partial charge in [0.2, 0.25) is 0 Å². The first kappa shape index (κ1) is 10.6. The summed E-state index contributed by atoms with van der Waals surface area (Å²) in [6.45, 7) is 0. The van der Waals surface area contributed by atoms with Crippen molar-refractivity contribution in [1.29, 1.82) is 0 Å². The third kappa shape index (κ3) is 2.34. The Kier molecular flexibility index (Phi) is 3.00. The van der Waals surface area contributed by atoms with Gasteiger partial charge in [-0.3, -0.25) is 4.79 Å². The lowest BCUT2D eigenvalue weighted by atomic mass is 9.94. The number of carboxylic acids is 1. The second-order valence-corrected chi connectivity index (χ2v) is 4.81. The van der Waals surface area contributed by atoms with E-state index in [-0.39, 0.29) is 5.92 Å². The highest BCUT2D eigenvalue weighted by molar-refractivity contribution is 7.98. The van der Waals surface area contributed by atoms with Crippen molar-refractivity contribution in [2.45, 2.75) is 23.7 Å². The van der Waals surface area contributed by atoms with Crippen LogP contribution >= 0.6 is 11.8 Å². The second kappa shape index (κ2) is 4.27. The molecule has 1 aliphatic carbocycles. The van der Waals surface area contributed by atoms with Gasteiger partial charge in [0, 0.05) is 4.90 Å². The third-order valence-electron chi connectivity index (χ3n) is 2.83. The molecule has 2 rings (SSSR count). The molecular weight excluding hydrogens is 208 g/mol. The fourth-order valence-corrected chi connectivity index (χ4v) is 2.27. The number of carboxylic acid groups (broad SMARTS) is 1. The summed E-state index contributed by atoms with van der Waals surface area (Å²) in [4.78, 5) is 12.3. The summed E-state index contributed by atoms with van der Waals surface area (Å²) in [6.07, 6.45) is 4.13. The SMILES string of the molecule is CSc1ccc(C(C(=O)O)C2CC2)cc1. The molecule has 1 aromatic carbocycles. The monoisotopic (exact) mass is 222 g/mol. The number of hydrogen-bond donors (Lipinski definition) is 1. The molecule has 1 unspecified atom stereocenters. The van der Waals surface area contributed by atoms with E-state index in [1.54, 1.807) is 11.8 Å². The molecule has 0 aromatic heterocycles. The number of rotatable bonds is 4. The first-order chi connectivity index (χ1) is 7.22. The molecule has 2 nitrogen and oxygen atoms in total. The van der Waals surface area contributed by atoms with Crippen molar-refractivity contribution in [3.05, 3.63) is 29.8 Å². The molecule has 0 spiro atoms. The highest BCUT2D eigenvalue weighted by Gasteiger charge is 2.37. The number of benzene rings is 1. The van der Waals surface area contributed by atoms with Crippen LogP contribution in [0.4, 0.5) is 0 Å². The minimum atomic E-state index is -0.686. The van der Waals surface area contributed by atoms with Gasteiger partial charge in [-0.05, 0) is 42.7 Å². The van der Waals surface area contributed by atoms with Gasteiger partial charge in [0.05, 0.1) is 5.92 Å². The van der Waals surface area contributed by atoms with E-state index in [0.29, 0.717) is 5.92 Å². The summed E-state index contributed by atoms with van der Waals surface area (Å²) in [6, 6.07) is 7.89. The van der Waals surface area contributed by atoms with Crippen molar-refractivity contribution in [3.63, 3.8) is 0 Å². The maximum absolute atomic E-state index is 11.1. The Balaban J connectivity index is 2.22. The Morgan fingerprint density at radius 2 is 2.00 bits per heavy atom. The van der Waals surface area contributed by atoms with Crippen LogP contribution in [0, 0.1) is 5.92 Å². The van der Waals surface area contributed by atoms with E-state index in [1.807, 2.05) is 30.5 Å². The molecule has 0 aliphatic heterocycles. The molecule has 0 saturated heterocycles. The largest absolute Gasteiger partial charge is 0.481 e. The second-order valence-electron chi connectivity index (χ2n) is 3.93. The molecular formula is C12H14O2S. The van der Waals surface area contributed by atoms with Crippen LogP contribution in [0.3, 0.4) is 0 Å². The molecule has 15 heavy (non-hydrogen) atoms. The Labute approximate surface area is 93.7 Å². The Morgan fingerprint density at radius 3 is 2.40 bits per heavy atom. The molecule has 0 amide bonds. The van der Waals surface area contributed by atoms with E-state index in [1.165, 1.54) is 4.90 Å². The highest BCUT2D eigenvalue weighted by atomic mass is 32.2. The van der Waals surface area contributed by atoms with Gasteiger partial charge in [0.25, 0.3) is 0 Å². The van der Waals surface area contributed by atoms with Gasteiger partial charge in [-0.2, -0.15) is 0 Å². The quantitative estimate of drug-likeness (QED) is 0.796. The summed E-state index contributed by atoms with van der Waals surface area (Å²) in [5, 5.41) is 9.16. The summed E-state index contributed by atoms with van der Waals surface area (Å²) < 4.78 is 0. The van der Waals surface area contributed by atoms with Gasteiger partial charge in [-0.25, -0.2) is 0 Å². The Bertz CT molecular complexity index is 354. The van der Waals surface area contributed by atoms with E-state index in [4.69, 9.17) is 5.11 Å². The Morgan fingerprint density at radius 1 is 1.40 bits per heavy atom. The fraction of sp³-hybridized carbons (Fsp3) is 0.417. The topological polar surface area (TPSA) is 37.3 Å². The minimum Gasteiger partial charge on any atom is -0.481 e. The van der Waals surface area contributed by atoms with Gasteiger partial charge >= 0.3 is 5.97 Å². The van der Waals surface area contributed by atoms with Crippen molar-refractivity contribution >= 4 is 17.7 Å². The maximum Gasteiger partial charge on any atom is 0.311 e. The third-order valence-corrected chi connectivity index (χ3v) is 3.58. The highest BCUT2D eigenvalue weighted by Crippen LogP contribution is 2.42. The van der Waals surface area contributed by atoms with Gasteiger partial charge in [0.1, 0.15) is 0 Å². The van der Waals surface area contributed by atoms with Crippen molar-refractivity contribution in [2.24, 2.45) is 5.92 Å². The zero-order valence-corrected chi connectivity index (χ0v) is 9.46. The molecule has 1 N–H and O–H groups in total. The summed E-state index contributed by atoms with van der Waals surface area (Å²) in [5.74, 6) is -0.613. The van der Waals surface area contributed by atoms with Crippen LogP contribution in [-0.2, 0) is 4.79 Å².